The highest BCUT2D eigenvalue weighted by atomic mass is 35.5. The summed E-state index contributed by atoms with van der Waals surface area (Å²) in [5.74, 6) is -0.269. The zero-order valence-corrected chi connectivity index (χ0v) is 12.1. The van der Waals surface area contributed by atoms with E-state index >= 15 is 0 Å². The Hall–Kier alpha value is -1.41. The van der Waals surface area contributed by atoms with Crippen LogP contribution in [0.5, 0.6) is 0 Å². The highest BCUT2D eigenvalue weighted by Gasteiger charge is 2.13. The van der Waals surface area contributed by atoms with E-state index < -0.39 is 5.82 Å². The number of alkyl halides is 1. The number of rotatable bonds is 5. The van der Waals surface area contributed by atoms with Crippen molar-refractivity contribution >= 4 is 11.6 Å². The summed E-state index contributed by atoms with van der Waals surface area (Å²) in [7, 11) is 0. The molecular formula is C17H17ClF2. The summed E-state index contributed by atoms with van der Waals surface area (Å²) in [6, 6.07) is 11.7. The van der Waals surface area contributed by atoms with Gasteiger partial charge >= 0.3 is 0 Å². The molecule has 2 aromatic carbocycles. The second-order valence-corrected chi connectivity index (χ2v) is 5.46. The van der Waals surface area contributed by atoms with Crippen molar-refractivity contribution in [3.63, 3.8) is 0 Å². The monoisotopic (exact) mass is 294 g/mol. The normalized spacial score (nSPS) is 12.4. The fraction of sp³-hybridized carbons (Fsp3) is 0.294. The predicted octanol–water partition coefficient (Wildman–Crippen LogP) is 4.91. The van der Waals surface area contributed by atoms with Crippen LogP contribution in [0.1, 0.15) is 16.7 Å². The molecule has 0 saturated carbocycles. The van der Waals surface area contributed by atoms with Crippen LogP contribution in [0.3, 0.4) is 0 Å². The number of hydrogen-bond acceptors (Lipinski definition) is 0. The molecule has 0 aliphatic carbocycles. The van der Waals surface area contributed by atoms with Gasteiger partial charge in [-0.2, -0.15) is 0 Å². The molecule has 0 bridgehead atoms. The standard InChI is InChI=1S/C17H17ClF2/c1-12-3-2-4-13(7-12)8-14(11-18)9-15-10-16(19)5-6-17(15)20/h2-7,10,14H,8-9,11H2,1H3. The molecule has 0 aliphatic rings. The smallest absolute Gasteiger partial charge is 0.126 e. The second kappa shape index (κ2) is 6.85. The number of halogens is 3. The summed E-state index contributed by atoms with van der Waals surface area (Å²) in [5.41, 5.74) is 2.75. The Morgan fingerprint density at radius 3 is 2.55 bits per heavy atom. The Labute approximate surface area is 123 Å². The van der Waals surface area contributed by atoms with Crippen molar-refractivity contribution in [2.75, 3.05) is 5.88 Å². The molecule has 0 saturated heterocycles. The molecule has 2 rings (SSSR count). The number of aryl methyl sites for hydroxylation is 1. The Balaban J connectivity index is 2.11. The van der Waals surface area contributed by atoms with Crippen LogP contribution < -0.4 is 0 Å². The van der Waals surface area contributed by atoms with Gasteiger partial charge in [0.2, 0.25) is 0 Å². The highest BCUT2D eigenvalue weighted by Crippen LogP contribution is 2.19. The number of benzene rings is 2. The summed E-state index contributed by atoms with van der Waals surface area (Å²) in [6.45, 7) is 2.03. The van der Waals surface area contributed by atoms with E-state index in [0.29, 0.717) is 17.9 Å². The van der Waals surface area contributed by atoms with Crippen LogP contribution in [-0.4, -0.2) is 5.88 Å². The molecule has 0 radical (unpaired) electrons. The summed E-state index contributed by atoms with van der Waals surface area (Å²) >= 11 is 5.98. The van der Waals surface area contributed by atoms with Crippen molar-refractivity contribution < 1.29 is 8.78 Å². The molecule has 1 atom stereocenters. The fourth-order valence-corrected chi connectivity index (χ4v) is 2.58. The zero-order valence-electron chi connectivity index (χ0n) is 11.4. The molecule has 0 aliphatic heterocycles. The van der Waals surface area contributed by atoms with Crippen molar-refractivity contribution in [2.45, 2.75) is 19.8 Å². The van der Waals surface area contributed by atoms with E-state index in [1.807, 2.05) is 25.1 Å². The molecule has 2 aromatic rings. The molecule has 106 valence electrons. The maximum atomic E-state index is 13.7. The van der Waals surface area contributed by atoms with Crippen LogP contribution in [0.2, 0.25) is 0 Å². The minimum absolute atomic E-state index is 0.0924. The third-order valence-electron chi connectivity index (χ3n) is 3.34. The molecule has 0 nitrogen and oxygen atoms in total. The van der Waals surface area contributed by atoms with Gasteiger partial charge in [-0.05, 0) is 55.0 Å². The van der Waals surface area contributed by atoms with Crippen LogP contribution in [-0.2, 0) is 12.8 Å². The van der Waals surface area contributed by atoms with Crippen molar-refractivity contribution in [3.8, 4) is 0 Å². The maximum Gasteiger partial charge on any atom is 0.126 e. The number of hydrogen-bond donors (Lipinski definition) is 0. The van der Waals surface area contributed by atoms with E-state index in [0.717, 1.165) is 12.5 Å². The third-order valence-corrected chi connectivity index (χ3v) is 3.78. The minimum atomic E-state index is -0.412. The van der Waals surface area contributed by atoms with Crippen molar-refractivity contribution in [2.24, 2.45) is 5.92 Å². The van der Waals surface area contributed by atoms with E-state index in [2.05, 4.69) is 6.07 Å². The lowest BCUT2D eigenvalue weighted by Gasteiger charge is -2.15. The van der Waals surface area contributed by atoms with Gasteiger partial charge in [0.15, 0.2) is 0 Å². The van der Waals surface area contributed by atoms with Gasteiger partial charge in [-0.3, -0.25) is 0 Å². The third kappa shape index (κ3) is 4.04. The summed E-state index contributed by atoms with van der Waals surface area (Å²) in [5, 5.41) is 0. The van der Waals surface area contributed by atoms with Crippen LogP contribution in [0.4, 0.5) is 8.78 Å². The van der Waals surface area contributed by atoms with E-state index in [9.17, 15) is 8.78 Å². The summed E-state index contributed by atoms with van der Waals surface area (Å²) in [6.07, 6.45) is 1.21. The molecule has 0 spiro atoms. The highest BCUT2D eigenvalue weighted by molar-refractivity contribution is 6.18. The van der Waals surface area contributed by atoms with E-state index in [-0.39, 0.29) is 11.7 Å². The van der Waals surface area contributed by atoms with E-state index in [1.54, 1.807) is 0 Å². The first-order valence-corrected chi connectivity index (χ1v) is 7.17. The first-order chi connectivity index (χ1) is 9.58. The van der Waals surface area contributed by atoms with Crippen LogP contribution >= 0.6 is 11.6 Å². The summed E-state index contributed by atoms with van der Waals surface area (Å²) in [4.78, 5) is 0. The Kier molecular flexibility index (Phi) is 5.13. The first kappa shape index (κ1) is 15.0. The lowest BCUT2D eigenvalue weighted by molar-refractivity contribution is 0.536. The van der Waals surface area contributed by atoms with Gasteiger partial charge in [-0.25, -0.2) is 8.78 Å². The van der Waals surface area contributed by atoms with Gasteiger partial charge in [0.05, 0.1) is 0 Å². The lowest BCUT2D eigenvalue weighted by Crippen LogP contribution is -2.11. The molecular weight excluding hydrogens is 278 g/mol. The van der Waals surface area contributed by atoms with Gasteiger partial charge in [0.25, 0.3) is 0 Å². The van der Waals surface area contributed by atoms with Crippen molar-refractivity contribution in [3.05, 3.63) is 70.8 Å². The molecule has 0 heterocycles. The average molecular weight is 295 g/mol. The maximum absolute atomic E-state index is 13.7. The fourth-order valence-electron chi connectivity index (χ4n) is 2.36. The summed E-state index contributed by atoms with van der Waals surface area (Å²) < 4.78 is 26.8. The molecule has 0 fully saturated rings. The Bertz CT molecular complexity index is 581. The van der Waals surface area contributed by atoms with Gasteiger partial charge < -0.3 is 0 Å². The van der Waals surface area contributed by atoms with Crippen LogP contribution in [0, 0.1) is 24.5 Å². The topological polar surface area (TPSA) is 0 Å². The van der Waals surface area contributed by atoms with Gasteiger partial charge in [0, 0.05) is 5.88 Å². The van der Waals surface area contributed by atoms with Crippen LogP contribution in [0.25, 0.3) is 0 Å². The largest absolute Gasteiger partial charge is 0.207 e. The Morgan fingerprint density at radius 2 is 1.85 bits per heavy atom. The molecule has 1 unspecified atom stereocenters. The van der Waals surface area contributed by atoms with E-state index in [4.69, 9.17) is 11.6 Å². The lowest BCUT2D eigenvalue weighted by atomic mass is 9.93. The van der Waals surface area contributed by atoms with Crippen LogP contribution in [0.15, 0.2) is 42.5 Å². The second-order valence-electron chi connectivity index (χ2n) is 5.15. The molecule has 0 amide bonds. The van der Waals surface area contributed by atoms with Crippen molar-refractivity contribution in [1.29, 1.82) is 0 Å². The minimum Gasteiger partial charge on any atom is -0.207 e. The molecule has 20 heavy (non-hydrogen) atoms. The van der Waals surface area contributed by atoms with E-state index in [1.165, 1.54) is 23.3 Å². The SMILES string of the molecule is Cc1cccc(CC(CCl)Cc2cc(F)ccc2F)c1. The Morgan fingerprint density at radius 1 is 1.05 bits per heavy atom. The molecule has 0 aromatic heterocycles. The van der Waals surface area contributed by atoms with Gasteiger partial charge in [-0.1, -0.05) is 29.8 Å². The quantitative estimate of drug-likeness (QED) is 0.687. The molecule has 3 heteroatoms. The van der Waals surface area contributed by atoms with Crippen molar-refractivity contribution in [1.82, 2.24) is 0 Å². The predicted molar refractivity (Wildman–Crippen MR) is 79.2 cm³/mol. The van der Waals surface area contributed by atoms with Gasteiger partial charge in [-0.15, -0.1) is 11.6 Å². The van der Waals surface area contributed by atoms with Gasteiger partial charge in [0.1, 0.15) is 11.6 Å². The zero-order chi connectivity index (χ0) is 14.5. The average Bonchev–Trinajstić information content (AvgIpc) is 2.42. The molecule has 0 N–H and O–H groups in total. The first-order valence-electron chi connectivity index (χ1n) is 6.64.